The van der Waals surface area contributed by atoms with Gasteiger partial charge in [-0.25, -0.2) is 0 Å². The largest absolute Gasteiger partial charge is 0.388 e. The SMILES string of the molecule is CCc1ccc(C(O)CC2CCCO2)cc1CC. The predicted molar refractivity (Wildman–Crippen MR) is 73.7 cm³/mol. The Hall–Kier alpha value is -0.860. The lowest BCUT2D eigenvalue weighted by molar-refractivity contribution is 0.0535. The smallest absolute Gasteiger partial charge is 0.0814 e. The van der Waals surface area contributed by atoms with Crippen molar-refractivity contribution in [2.75, 3.05) is 6.61 Å². The van der Waals surface area contributed by atoms with Crippen LogP contribution >= 0.6 is 0 Å². The summed E-state index contributed by atoms with van der Waals surface area (Å²) in [4.78, 5) is 0. The molecule has 0 aromatic heterocycles. The molecule has 0 aliphatic carbocycles. The van der Waals surface area contributed by atoms with Crippen LogP contribution in [0.3, 0.4) is 0 Å². The van der Waals surface area contributed by atoms with Crippen molar-refractivity contribution < 1.29 is 9.84 Å². The Bertz CT molecular complexity index is 381. The summed E-state index contributed by atoms with van der Waals surface area (Å²) in [6, 6.07) is 6.39. The molecule has 0 bridgehead atoms. The van der Waals surface area contributed by atoms with Gasteiger partial charge in [-0.1, -0.05) is 32.0 Å². The fourth-order valence-corrected chi connectivity index (χ4v) is 2.74. The van der Waals surface area contributed by atoms with E-state index in [0.29, 0.717) is 0 Å². The summed E-state index contributed by atoms with van der Waals surface area (Å²) in [6.45, 7) is 5.20. The second-order valence-corrected chi connectivity index (χ2v) is 5.12. The number of aliphatic hydroxyl groups excluding tert-OH is 1. The first-order valence-corrected chi connectivity index (χ1v) is 7.16. The highest BCUT2D eigenvalue weighted by Gasteiger charge is 2.20. The van der Waals surface area contributed by atoms with Gasteiger partial charge in [0.1, 0.15) is 0 Å². The molecule has 0 spiro atoms. The van der Waals surface area contributed by atoms with Gasteiger partial charge in [-0.2, -0.15) is 0 Å². The van der Waals surface area contributed by atoms with Gasteiger partial charge in [-0.15, -0.1) is 0 Å². The normalized spacial score (nSPS) is 21.2. The fourth-order valence-electron chi connectivity index (χ4n) is 2.74. The molecule has 2 rings (SSSR count). The average Bonchev–Trinajstić information content (AvgIpc) is 2.90. The number of hydrogen-bond acceptors (Lipinski definition) is 2. The van der Waals surface area contributed by atoms with Gasteiger partial charge in [0.2, 0.25) is 0 Å². The van der Waals surface area contributed by atoms with Crippen molar-refractivity contribution >= 4 is 0 Å². The Morgan fingerprint density at radius 3 is 2.67 bits per heavy atom. The standard InChI is InChI=1S/C16H24O2/c1-3-12-7-8-14(10-13(12)4-2)16(17)11-15-6-5-9-18-15/h7-8,10,15-17H,3-6,9,11H2,1-2H3. The third kappa shape index (κ3) is 3.12. The van der Waals surface area contributed by atoms with E-state index in [9.17, 15) is 5.11 Å². The Labute approximate surface area is 110 Å². The lowest BCUT2D eigenvalue weighted by Gasteiger charge is -2.17. The number of aliphatic hydroxyl groups is 1. The van der Waals surface area contributed by atoms with Gasteiger partial charge >= 0.3 is 0 Å². The molecule has 18 heavy (non-hydrogen) atoms. The van der Waals surface area contributed by atoms with Crippen LogP contribution in [0.5, 0.6) is 0 Å². The van der Waals surface area contributed by atoms with Crippen LogP contribution in [-0.4, -0.2) is 17.8 Å². The molecule has 1 N–H and O–H groups in total. The number of benzene rings is 1. The Balaban J connectivity index is 2.06. The van der Waals surface area contributed by atoms with Crippen molar-refractivity contribution in [3.8, 4) is 0 Å². The average molecular weight is 248 g/mol. The molecular formula is C16H24O2. The van der Waals surface area contributed by atoms with Crippen LogP contribution in [0, 0.1) is 0 Å². The molecule has 2 nitrogen and oxygen atoms in total. The molecule has 1 aromatic rings. The highest BCUT2D eigenvalue weighted by molar-refractivity contribution is 5.33. The molecule has 2 unspecified atom stereocenters. The summed E-state index contributed by atoms with van der Waals surface area (Å²) in [5.41, 5.74) is 3.80. The van der Waals surface area contributed by atoms with Crippen molar-refractivity contribution in [3.63, 3.8) is 0 Å². The monoisotopic (exact) mass is 248 g/mol. The molecule has 0 radical (unpaired) electrons. The van der Waals surface area contributed by atoms with Gasteiger partial charge in [-0.3, -0.25) is 0 Å². The summed E-state index contributed by atoms with van der Waals surface area (Å²) in [5, 5.41) is 10.3. The highest BCUT2D eigenvalue weighted by Crippen LogP contribution is 2.26. The lowest BCUT2D eigenvalue weighted by atomic mass is 9.95. The number of hydrogen-bond donors (Lipinski definition) is 1. The minimum Gasteiger partial charge on any atom is -0.388 e. The highest BCUT2D eigenvalue weighted by atomic mass is 16.5. The van der Waals surface area contributed by atoms with E-state index >= 15 is 0 Å². The van der Waals surface area contributed by atoms with Gasteiger partial charge < -0.3 is 9.84 Å². The Kier molecular flexibility index (Phi) is 4.79. The molecule has 1 saturated heterocycles. The number of ether oxygens (including phenoxy) is 1. The summed E-state index contributed by atoms with van der Waals surface area (Å²) < 4.78 is 5.59. The fraction of sp³-hybridized carbons (Fsp3) is 0.625. The molecule has 100 valence electrons. The van der Waals surface area contributed by atoms with Gasteiger partial charge in [0.05, 0.1) is 12.2 Å². The van der Waals surface area contributed by atoms with Gasteiger partial charge in [-0.05, 0) is 42.4 Å². The van der Waals surface area contributed by atoms with Gasteiger partial charge in [0.15, 0.2) is 0 Å². The topological polar surface area (TPSA) is 29.5 Å². The van der Waals surface area contributed by atoms with Gasteiger partial charge in [0.25, 0.3) is 0 Å². The van der Waals surface area contributed by atoms with E-state index < -0.39 is 0 Å². The molecule has 1 aliphatic heterocycles. The van der Waals surface area contributed by atoms with Crippen LogP contribution in [0.15, 0.2) is 18.2 Å². The van der Waals surface area contributed by atoms with Crippen molar-refractivity contribution in [1.29, 1.82) is 0 Å². The summed E-state index contributed by atoms with van der Waals surface area (Å²) >= 11 is 0. The maximum atomic E-state index is 10.3. The third-order valence-electron chi connectivity index (χ3n) is 3.89. The molecule has 0 amide bonds. The molecule has 1 aliphatic rings. The van der Waals surface area contributed by atoms with Crippen LogP contribution in [0.25, 0.3) is 0 Å². The van der Waals surface area contributed by atoms with Crippen molar-refractivity contribution in [2.24, 2.45) is 0 Å². The third-order valence-corrected chi connectivity index (χ3v) is 3.89. The van der Waals surface area contributed by atoms with E-state index in [4.69, 9.17) is 4.74 Å². The van der Waals surface area contributed by atoms with Crippen LogP contribution in [-0.2, 0) is 17.6 Å². The van der Waals surface area contributed by atoms with Crippen LogP contribution < -0.4 is 0 Å². The zero-order valence-electron chi connectivity index (χ0n) is 11.5. The van der Waals surface area contributed by atoms with E-state index in [1.165, 1.54) is 11.1 Å². The maximum absolute atomic E-state index is 10.3. The zero-order valence-corrected chi connectivity index (χ0v) is 11.5. The van der Waals surface area contributed by atoms with E-state index in [2.05, 4.69) is 32.0 Å². The predicted octanol–water partition coefficient (Wildman–Crippen LogP) is 3.41. The molecule has 1 heterocycles. The minimum absolute atomic E-state index is 0.246. The van der Waals surface area contributed by atoms with Crippen molar-refractivity contribution in [2.45, 2.75) is 58.2 Å². The second-order valence-electron chi connectivity index (χ2n) is 5.12. The first-order valence-electron chi connectivity index (χ1n) is 7.16. The lowest BCUT2D eigenvalue weighted by Crippen LogP contribution is -2.11. The zero-order chi connectivity index (χ0) is 13.0. The minimum atomic E-state index is -0.385. The first-order chi connectivity index (χ1) is 8.74. The molecule has 2 heteroatoms. The molecular weight excluding hydrogens is 224 g/mol. The number of rotatable bonds is 5. The van der Waals surface area contributed by atoms with Crippen LogP contribution in [0.1, 0.15) is 55.9 Å². The summed E-state index contributed by atoms with van der Waals surface area (Å²) in [7, 11) is 0. The Morgan fingerprint density at radius 2 is 2.06 bits per heavy atom. The van der Waals surface area contributed by atoms with E-state index in [1.54, 1.807) is 0 Å². The number of aryl methyl sites for hydroxylation is 2. The molecule has 1 aromatic carbocycles. The van der Waals surface area contributed by atoms with E-state index in [1.807, 2.05) is 0 Å². The molecule has 0 saturated carbocycles. The van der Waals surface area contributed by atoms with Crippen molar-refractivity contribution in [3.05, 3.63) is 34.9 Å². The van der Waals surface area contributed by atoms with Crippen molar-refractivity contribution in [1.82, 2.24) is 0 Å². The van der Waals surface area contributed by atoms with Gasteiger partial charge in [0, 0.05) is 13.0 Å². The van der Waals surface area contributed by atoms with E-state index in [0.717, 1.165) is 44.3 Å². The van der Waals surface area contributed by atoms with Crippen LogP contribution in [0.4, 0.5) is 0 Å². The van der Waals surface area contributed by atoms with E-state index in [-0.39, 0.29) is 12.2 Å². The molecule has 1 fully saturated rings. The quantitative estimate of drug-likeness (QED) is 0.865. The Morgan fingerprint density at radius 1 is 1.28 bits per heavy atom. The summed E-state index contributed by atoms with van der Waals surface area (Å²) in [6.07, 6.45) is 4.90. The summed E-state index contributed by atoms with van der Waals surface area (Å²) in [5.74, 6) is 0. The maximum Gasteiger partial charge on any atom is 0.0814 e. The molecule has 2 atom stereocenters. The first kappa shape index (κ1) is 13.6. The second kappa shape index (κ2) is 6.35. The van der Waals surface area contributed by atoms with Crippen LogP contribution in [0.2, 0.25) is 0 Å².